The predicted molar refractivity (Wildman–Crippen MR) is 87.6 cm³/mol. The van der Waals surface area contributed by atoms with E-state index in [0.717, 1.165) is 5.56 Å². The van der Waals surface area contributed by atoms with E-state index in [0.29, 0.717) is 19.4 Å². The quantitative estimate of drug-likeness (QED) is 0.227. The van der Waals surface area contributed by atoms with Crippen LogP contribution in [-0.4, -0.2) is 41.6 Å². The summed E-state index contributed by atoms with van der Waals surface area (Å²) in [6, 6.07) is 7.24. The van der Waals surface area contributed by atoms with Crippen LogP contribution in [-0.2, 0) is 16.0 Å². The molecule has 1 amide bonds. The molecule has 0 aliphatic heterocycles. The van der Waals surface area contributed by atoms with Crippen LogP contribution in [0.25, 0.3) is 0 Å². The van der Waals surface area contributed by atoms with Gasteiger partial charge in [0.1, 0.15) is 6.04 Å². The van der Waals surface area contributed by atoms with Gasteiger partial charge < -0.3 is 27.6 Å². The van der Waals surface area contributed by atoms with E-state index in [2.05, 4.69) is 10.3 Å². The number of hydrogen-bond acceptors (Lipinski definition) is 4. The van der Waals surface area contributed by atoms with E-state index in [4.69, 9.17) is 17.2 Å². The Morgan fingerprint density at radius 3 is 2.43 bits per heavy atom. The molecule has 8 N–H and O–H groups in total. The number of nitrogens with two attached hydrogens (primary N) is 3. The predicted octanol–water partition coefficient (Wildman–Crippen LogP) is -0.821. The topological polar surface area (TPSA) is 157 Å². The second-order valence-corrected chi connectivity index (χ2v) is 5.14. The van der Waals surface area contributed by atoms with Crippen LogP contribution in [0.2, 0.25) is 0 Å². The minimum atomic E-state index is -1.10. The molecule has 1 unspecified atom stereocenters. The Morgan fingerprint density at radius 1 is 1.22 bits per heavy atom. The minimum Gasteiger partial charge on any atom is -0.480 e. The van der Waals surface area contributed by atoms with Gasteiger partial charge in [-0.2, -0.15) is 0 Å². The van der Waals surface area contributed by atoms with E-state index < -0.39 is 24.0 Å². The van der Waals surface area contributed by atoms with Crippen LogP contribution in [0.3, 0.4) is 0 Å². The lowest BCUT2D eigenvalue weighted by molar-refractivity contribution is -0.142. The highest BCUT2D eigenvalue weighted by atomic mass is 16.4. The maximum atomic E-state index is 12.0. The molecule has 0 bridgehead atoms. The smallest absolute Gasteiger partial charge is 0.326 e. The highest BCUT2D eigenvalue weighted by Gasteiger charge is 2.23. The molecule has 1 aromatic carbocycles. The normalized spacial score (nSPS) is 12.9. The number of guanidine groups is 1. The van der Waals surface area contributed by atoms with Crippen molar-refractivity contribution in [2.24, 2.45) is 22.2 Å². The number of carboxylic acids is 1. The summed E-state index contributed by atoms with van der Waals surface area (Å²) in [6.45, 7) is 0.371. The first-order valence-electron chi connectivity index (χ1n) is 7.28. The highest BCUT2D eigenvalue weighted by molar-refractivity contribution is 5.86. The summed E-state index contributed by atoms with van der Waals surface area (Å²) >= 11 is 0. The van der Waals surface area contributed by atoms with Gasteiger partial charge in [-0.3, -0.25) is 9.79 Å². The van der Waals surface area contributed by atoms with E-state index in [1.54, 1.807) is 12.1 Å². The monoisotopic (exact) mass is 321 g/mol. The number of benzene rings is 1. The van der Waals surface area contributed by atoms with E-state index in [-0.39, 0.29) is 12.4 Å². The van der Waals surface area contributed by atoms with Crippen LogP contribution >= 0.6 is 0 Å². The molecule has 23 heavy (non-hydrogen) atoms. The molecule has 0 fully saturated rings. The summed E-state index contributed by atoms with van der Waals surface area (Å²) in [4.78, 5) is 27.1. The lowest BCUT2D eigenvalue weighted by atomic mass is 10.0. The first-order valence-corrected chi connectivity index (χ1v) is 7.28. The average Bonchev–Trinajstić information content (AvgIpc) is 2.51. The van der Waals surface area contributed by atoms with Crippen molar-refractivity contribution in [3.05, 3.63) is 35.9 Å². The van der Waals surface area contributed by atoms with Crippen LogP contribution in [0.1, 0.15) is 18.4 Å². The minimum absolute atomic E-state index is 0.0168. The van der Waals surface area contributed by atoms with Crippen molar-refractivity contribution in [3.8, 4) is 0 Å². The standard InChI is InChI=1S/C15H23N5O3/c16-11(7-4-8-19-15(17)18)13(21)20-12(14(22)23)9-10-5-2-1-3-6-10/h1-3,5-6,11-12H,4,7-9,16H2,(H,20,21)(H,22,23)(H4,17,18,19)/t11?,12-/m0/s1. The van der Waals surface area contributed by atoms with Crippen molar-refractivity contribution >= 4 is 17.8 Å². The van der Waals surface area contributed by atoms with Crippen LogP contribution < -0.4 is 22.5 Å². The third kappa shape index (κ3) is 7.28. The van der Waals surface area contributed by atoms with Crippen LogP contribution in [0.5, 0.6) is 0 Å². The Labute approximate surface area is 134 Å². The molecule has 8 nitrogen and oxygen atoms in total. The number of hydrogen-bond donors (Lipinski definition) is 5. The second-order valence-electron chi connectivity index (χ2n) is 5.14. The lowest BCUT2D eigenvalue weighted by Crippen LogP contribution is -2.49. The zero-order chi connectivity index (χ0) is 17.2. The molecule has 0 aromatic heterocycles. The van der Waals surface area contributed by atoms with Gasteiger partial charge in [0.25, 0.3) is 0 Å². The molecule has 0 saturated carbocycles. The second kappa shape index (κ2) is 9.42. The molecule has 0 heterocycles. The number of amides is 1. The Morgan fingerprint density at radius 2 is 1.87 bits per heavy atom. The number of nitrogens with one attached hydrogen (secondary N) is 1. The fourth-order valence-electron chi connectivity index (χ4n) is 1.98. The molecule has 0 aliphatic carbocycles. The summed E-state index contributed by atoms with van der Waals surface area (Å²) in [6.07, 6.45) is 1.09. The van der Waals surface area contributed by atoms with Gasteiger partial charge in [0.2, 0.25) is 5.91 Å². The number of carboxylic acid groups (broad SMARTS) is 1. The third-order valence-electron chi connectivity index (χ3n) is 3.20. The van der Waals surface area contributed by atoms with E-state index >= 15 is 0 Å². The zero-order valence-electron chi connectivity index (χ0n) is 12.8. The maximum Gasteiger partial charge on any atom is 0.326 e. The molecule has 1 rings (SSSR count). The number of aliphatic imine (C=N–C) groups is 1. The van der Waals surface area contributed by atoms with Crippen molar-refractivity contribution in [1.29, 1.82) is 0 Å². The molecule has 2 atom stereocenters. The van der Waals surface area contributed by atoms with Crippen LogP contribution in [0, 0.1) is 0 Å². The molecule has 8 heteroatoms. The summed E-state index contributed by atoms with van der Waals surface area (Å²) in [5.74, 6) is -1.62. The molecule has 0 radical (unpaired) electrons. The van der Waals surface area contributed by atoms with Gasteiger partial charge in [0.05, 0.1) is 6.04 Å². The van der Waals surface area contributed by atoms with Crippen molar-refractivity contribution in [3.63, 3.8) is 0 Å². The van der Waals surface area contributed by atoms with Crippen molar-refractivity contribution in [1.82, 2.24) is 5.32 Å². The van der Waals surface area contributed by atoms with Crippen molar-refractivity contribution in [2.75, 3.05) is 6.54 Å². The highest BCUT2D eigenvalue weighted by Crippen LogP contribution is 2.04. The molecule has 0 spiro atoms. The number of nitrogens with zero attached hydrogens (tertiary/aromatic N) is 1. The number of rotatable bonds is 9. The summed E-state index contributed by atoms with van der Waals surface area (Å²) in [7, 11) is 0. The van der Waals surface area contributed by atoms with Gasteiger partial charge in [-0.25, -0.2) is 4.79 Å². The van der Waals surface area contributed by atoms with Gasteiger partial charge in [-0.15, -0.1) is 0 Å². The average molecular weight is 321 g/mol. The molecular weight excluding hydrogens is 298 g/mol. The Hall–Kier alpha value is -2.61. The first-order chi connectivity index (χ1) is 10.9. The molecule has 1 aromatic rings. The van der Waals surface area contributed by atoms with Crippen molar-refractivity contribution in [2.45, 2.75) is 31.3 Å². The van der Waals surface area contributed by atoms with Crippen LogP contribution in [0.15, 0.2) is 35.3 Å². The van der Waals surface area contributed by atoms with Gasteiger partial charge >= 0.3 is 5.97 Å². The molecule has 0 saturated heterocycles. The number of carbonyl (C=O) groups is 2. The lowest BCUT2D eigenvalue weighted by Gasteiger charge is -2.17. The van der Waals surface area contributed by atoms with E-state index in [1.807, 2.05) is 18.2 Å². The van der Waals surface area contributed by atoms with Gasteiger partial charge in [0, 0.05) is 13.0 Å². The Kier molecular flexibility index (Phi) is 7.55. The molecule has 126 valence electrons. The van der Waals surface area contributed by atoms with Gasteiger partial charge in [-0.1, -0.05) is 30.3 Å². The van der Waals surface area contributed by atoms with Gasteiger partial charge in [0.15, 0.2) is 5.96 Å². The van der Waals surface area contributed by atoms with Crippen LogP contribution in [0.4, 0.5) is 0 Å². The third-order valence-corrected chi connectivity index (χ3v) is 3.20. The molecular formula is C15H23N5O3. The van der Waals surface area contributed by atoms with Gasteiger partial charge in [-0.05, 0) is 18.4 Å². The maximum absolute atomic E-state index is 12.0. The first kappa shape index (κ1) is 18.4. The molecule has 0 aliphatic rings. The Balaban J connectivity index is 2.50. The van der Waals surface area contributed by atoms with E-state index in [9.17, 15) is 14.7 Å². The SMILES string of the molecule is NC(N)=NCCCC(N)C(=O)N[C@@H](Cc1ccccc1)C(=O)O. The Bertz CT molecular complexity index is 543. The summed E-state index contributed by atoms with van der Waals surface area (Å²) < 4.78 is 0. The fourth-order valence-corrected chi connectivity index (χ4v) is 1.98. The number of carbonyl (C=O) groups excluding carboxylic acids is 1. The van der Waals surface area contributed by atoms with E-state index in [1.165, 1.54) is 0 Å². The zero-order valence-corrected chi connectivity index (χ0v) is 12.8. The summed E-state index contributed by atoms with van der Waals surface area (Å²) in [5, 5.41) is 11.7. The number of aliphatic carboxylic acids is 1. The fraction of sp³-hybridized carbons (Fsp3) is 0.400. The van der Waals surface area contributed by atoms with Crippen molar-refractivity contribution < 1.29 is 14.7 Å². The largest absolute Gasteiger partial charge is 0.480 e. The summed E-state index contributed by atoms with van der Waals surface area (Å²) in [5.41, 5.74) is 17.0.